The molecule has 2 aromatic rings. The van der Waals surface area contributed by atoms with Crippen LogP contribution in [0.5, 0.6) is 0 Å². The summed E-state index contributed by atoms with van der Waals surface area (Å²) in [6, 6.07) is 14.9. The first kappa shape index (κ1) is 14.3. The van der Waals surface area contributed by atoms with E-state index in [2.05, 4.69) is 49.4 Å². The van der Waals surface area contributed by atoms with Gasteiger partial charge in [-0.1, -0.05) is 55.8 Å². The van der Waals surface area contributed by atoms with Crippen molar-refractivity contribution in [2.75, 3.05) is 7.11 Å². The summed E-state index contributed by atoms with van der Waals surface area (Å²) in [4.78, 5) is 0. The van der Waals surface area contributed by atoms with Crippen molar-refractivity contribution >= 4 is 29.6 Å². The number of hydrogen-bond acceptors (Lipinski definition) is 1. The second kappa shape index (κ2) is 6.86. The van der Waals surface area contributed by atoms with Crippen molar-refractivity contribution in [2.45, 2.75) is 25.9 Å². The van der Waals surface area contributed by atoms with Gasteiger partial charge in [0.2, 0.25) is 0 Å². The molecule has 0 radical (unpaired) electrons. The minimum absolute atomic E-state index is 0. The number of ether oxygens (including phenoxy) is 1. The number of methoxy groups -OCH3 is 1. The Kier molecular flexibility index (Phi) is 5.78. The van der Waals surface area contributed by atoms with Gasteiger partial charge < -0.3 is 4.74 Å². The first-order valence-corrected chi connectivity index (χ1v) is 5.87. The molecule has 0 saturated heterocycles. The maximum absolute atomic E-state index is 5.58. The van der Waals surface area contributed by atoms with Crippen LogP contribution in [-0.4, -0.2) is 26.0 Å². The summed E-state index contributed by atoms with van der Waals surface area (Å²) in [7, 11) is 1.79. The molecule has 0 N–H and O–H groups in total. The van der Waals surface area contributed by atoms with E-state index in [1.54, 1.807) is 7.11 Å². The van der Waals surface area contributed by atoms with E-state index in [4.69, 9.17) is 4.74 Å². The molecular weight excluding hydrogens is 203 g/mol. The van der Waals surface area contributed by atoms with Crippen molar-refractivity contribution in [1.29, 1.82) is 0 Å². The molecule has 0 aliphatic rings. The Labute approximate surface area is 115 Å². The Morgan fingerprint density at radius 2 is 1.76 bits per heavy atom. The van der Waals surface area contributed by atoms with E-state index in [9.17, 15) is 0 Å². The van der Waals surface area contributed by atoms with Crippen molar-refractivity contribution in [3.05, 3.63) is 48.0 Å². The maximum atomic E-state index is 5.58. The summed E-state index contributed by atoms with van der Waals surface area (Å²) in [5.74, 6) is 0. The molecule has 1 nitrogen and oxygen atoms in total. The van der Waals surface area contributed by atoms with Crippen molar-refractivity contribution in [3.8, 4) is 0 Å². The fourth-order valence-corrected chi connectivity index (χ4v) is 2.19. The van der Waals surface area contributed by atoms with Gasteiger partial charge in [0, 0.05) is 7.11 Å². The summed E-state index contributed by atoms with van der Waals surface area (Å²) in [6.07, 6.45) is 2.43. The zero-order chi connectivity index (χ0) is 11.4. The SMILES string of the molecule is CCCC(OC)c1cccc2ccccc12.[LiH]. The molecule has 1 unspecified atom stereocenters. The van der Waals surface area contributed by atoms with E-state index in [0.29, 0.717) is 0 Å². The predicted octanol–water partition coefficient (Wildman–Crippen LogP) is 3.68. The van der Waals surface area contributed by atoms with Crippen LogP contribution in [0.15, 0.2) is 42.5 Å². The fourth-order valence-electron chi connectivity index (χ4n) is 2.19. The summed E-state index contributed by atoms with van der Waals surface area (Å²) >= 11 is 0. The van der Waals surface area contributed by atoms with Crippen LogP contribution in [0.2, 0.25) is 0 Å². The first-order chi connectivity index (χ1) is 7.86. The van der Waals surface area contributed by atoms with Crippen molar-refractivity contribution in [2.24, 2.45) is 0 Å². The topological polar surface area (TPSA) is 9.23 Å². The monoisotopic (exact) mass is 222 g/mol. The third-order valence-electron chi connectivity index (χ3n) is 3.01. The van der Waals surface area contributed by atoms with Gasteiger partial charge in [-0.3, -0.25) is 0 Å². The molecule has 0 aromatic heterocycles. The average Bonchev–Trinajstić information content (AvgIpc) is 2.35. The molecule has 0 aliphatic heterocycles. The molecule has 1 atom stereocenters. The molecule has 0 fully saturated rings. The second-order valence-electron chi connectivity index (χ2n) is 4.08. The Balaban J connectivity index is 0.00000144. The van der Waals surface area contributed by atoms with E-state index in [1.165, 1.54) is 16.3 Å². The van der Waals surface area contributed by atoms with Gasteiger partial charge in [0.1, 0.15) is 0 Å². The van der Waals surface area contributed by atoms with Gasteiger partial charge in [-0.05, 0) is 22.8 Å². The van der Waals surface area contributed by atoms with E-state index in [-0.39, 0.29) is 25.0 Å². The molecule has 0 bridgehead atoms. The Morgan fingerprint density at radius 3 is 2.47 bits per heavy atom. The van der Waals surface area contributed by atoms with Gasteiger partial charge in [-0.2, -0.15) is 0 Å². The van der Waals surface area contributed by atoms with Crippen LogP contribution in [0.25, 0.3) is 10.8 Å². The average molecular weight is 222 g/mol. The zero-order valence-electron chi connectivity index (χ0n) is 9.94. The van der Waals surface area contributed by atoms with Gasteiger partial charge in [0.25, 0.3) is 0 Å². The molecule has 86 valence electrons. The van der Waals surface area contributed by atoms with Crippen molar-refractivity contribution in [1.82, 2.24) is 0 Å². The van der Waals surface area contributed by atoms with E-state index in [1.807, 2.05) is 0 Å². The third kappa shape index (κ3) is 3.13. The molecule has 2 rings (SSSR count). The summed E-state index contributed by atoms with van der Waals surface area (Å²) in [5.41, 5.74) is 1.31. The van der Waals surface area contributed by atoms with E-state index < -0.39 is 0 Å². The van der Waals surface area contributed by atoms with Crippen LogP contribution in [-0.2, 0) is 4.74 Å². The van der Waals surface area contributed by atoms with Crippen molar-refractivity contribution < 1.29 is 4.74 Å². The van der Waals surface area contributed by atoms with Gasteiger partial charge in [0.05, 0.1) is 6.10 Å². The first-order valence-electron chi connectivity index (χ1n) is 5.87. The van der Waals surface area contributed by atoms with Gasteiger partial charge >= 0.3 is 18.9 Å². The Morgan fingerprint density at radius 1 is 1.06 bits per heavy atom. The van der Waals surface area contributed by atoms with E-state index >= 15 is 0 Å². The van der Waals surface area contributed by atoms with Crippen LogP contribution in [0.1, 0.15) is 31.4 Å². The number of fused-ring (bicyclic) bond motifs is 1. The standard InChI is InChI=1S/C15H18O.Li.H/c1-3-7-15(16-2)14-11-6-9-12-8-4-5-10-13(12)14;;/h4-6,8-11,15H,3,7H2,1-2H3;;. The van der Waals surface area contributed by atoms with Gasteiger partial charge in [-0.25, -0.2) is 0 Å². The molecule has 0 spiro atoms. The predicted molar refractivity (Wildman–Crippen MR) is 75.8 cm³/mol. The van der Waals surface area contributed by atoms with Crippen molar-refractivity contribution in [3.63, 3.8) is 0 Å². The summed E-state index contributed by atoms with van der Waals surface area (Å²) in [6.45, 7) is 2.19. The van der Waals surface area contributed by atoms with Gasteiger partial charge in [-0.15, -0.1) is 0 Å². The Bertz CT molecular complexity index is 462. The third-order valence-corrected chi connectivity index (χ3v) is 3.01. The quantitative estimate of drug-likeness (QED) is 0.717. The summed E-state index contributed by atoms with van der Waals surface area (Å²) in [5, 5.41) is 2.60. The molecular formula is C15H19LiO. The van der Waals surface area contributed by atoms with Crippen LogP contribution in [0, 0.1) is 0 Å². The molecule has 2 aromatic carbocycles. The fraction of sp³-hybridized carbons (Fsp3) is 0.333. The number of benzene rings is 2. The molecule has 0 heterocycles. The second-order valence-corrected chi connectivity index (χ2v) is 4.08. The van der Waals surface area contributed by atoms with Crippen LogP contribution < -0.4 is 0 Å². The van der Waals surface area contributed by atoms with Gasteiger partial charge in [0.15, 0.2) is 0 Å². The molecule has 0 amide bonds. The molecule has 17 heavy (non-hydrogen) atoms. The number of hydrogen-bond donors (Lipinski definition) is 0. The zero-order valence-corrected chi connectivity index (χ0v) is 9.94. The van der Waals surface area contributed by atoms with Crippen LogP contribution in [0.4, 0.5) is 0 Å². The van der Waals surface area contributed by atoms with E-state index in [0.717, 1.165) is 12.8 Å². The Hall–Kier alpha value is -0.743. The number of rotatable bonds is 4. The minimum atomic E-state index is 0. The van der Waals surface area contributed by atoms with Crippen LogP contribution >= 0.6 is 0 Å². The summed E-state index contributed by atoms with van der Waals surface area (Å²) < 4.78 is 5.58. The molecule has 0 aliphatic carbocycles. The molecule has 0 saturated carbocycles. The molecule has 2 heteroatoms. The van der Waals surface area contributed by atoms with Crippen LogP contribution in [0.3, 0.4) is 0 Å². The normalized spacial score (nSPS) is 12.1.